The molecular formula is C5BiCaF5O10. The first-order valence-electron chi connectivity index (χ1n) is 3.53. The van der Waals surface area contributed by atoms with E-state index >= 15 is 0 Å². The molecule has 0 fully saturated rings. The number of carbonyl (C=O) groups is 5. The van der Waals surface area contributed by atoms with Crippen LogP contribution in [0.2, 0.25) is 0 Å². The van der Waals surface area contributed by atoms with Crippen molar-refractivity contribution in [3.8, 4) is 0 Å². The van der Waals surface area contributed by atoms with Gasteiger partial charge in [-0.2, -0.15) is 8.78 Å². The molecular weight excluding hydrogens is 564 g/mol. The second-order valence-electron chi connectivity index (χ2n) is 1.69. The Bertz CT molecular complexity index is 336. The maximum atomic E-state index is 11.4. The number of hydrogen-bond donors (Lipinski definition) is 0. The van der Waals surface area contributed by atoms with Crippen molar-refractivity contribution in [3.05, 3.63) is 0 Å². The van der Waals surface area contributed by atoms with Crippen molar-refractivity contribution in [2.24, 2.45) is 0 Å². The molecule has 17 heteroatoms. The number of carbonyl (C=O) groups excluding carboxylic acids is 5. The number of halogens is 5. The SMILES string of the molecule is O=C(F)[O][Bi]([O]C(=O)F)[O]C(=O)F.O=C([O-])F.O=C([O-])F.[Ca+2]. The minimum absolute atomic E-state index is 0. The molecule has 0 aliphatic carbocycles. The van der Waals surface area contributed by atoms with E-state index in [1.807, 2.05) is 0 Å². The summed E-state index contributed by atoms with van der Waals surface area (Å²) in [5.41, 5.74) is 0. The Morgan fingerprint density at radius 1 is 0.636 bits per heavy atom. The third-order valence-corrected chi connectivity index (χ3v) is 3.85. The Morgan fingerprint density at radius 3 is 0.864 bits per heavy atom. The van der Waals surface area contributed by atoms with Gasteiger partial charge in [-0.15, -0.1) is 0 Å². The van der Waals surface area contributed by atoms with Crippen LogP contribution in [-0.2, 0) is 8.44 Å². The largest absolute Gasteiger partial charge is 2.00 e. The van der Waals surface area contributed by atoms with Crippen LogP contribution in [0.3, 0.4) is 0 Å². The average molecular weight is 564 g/mol. The summed E-state index contributed by atoms with van der Waals surface area (Å²) in [5, 5.41) is 16.4. The molecule has 22 heavy (non-hydrogen) atoms. The second kappa shape index (κ2) is 18.2. The molecule has 0 aliphatic rings. The van der Waals surface area contributed by atoms with E-state index in [2.05, 4.69) is 8.44 Å². The van der Waals surface area contributed by atoms with Crippen molar-refractivity contribution in [1.29, 1.82) is 0 Å². The predicted molar refractivity (Wildman–Crippen MR) is 47.3 cm³/mol. The monoisotopic (exact) mass is 564 g/mol. The third kappa shape index (κ3) is 50.7. The summed E-state index contributed by atoms with van der Waals surface area (Å²) in [5.74, 6) is 0. The molecule has 0 heterocycles. The van der Waals surface area contributed by atoms with Gasteiger partial charge in [0.15, 0.2) is 0 Å². The molecule has 0 bridgehead atoms. The van der Waals surface area contributed by atoms with Gasteiger partial charge in [0.1, 0.15) is 0 Å². The van der Waals surface area contributed by atoms with Crippen molar-refractivity contribution in [2.45, 2.75) is 0 Å². The van der Waals surface area contributed by atoms with Crippen LogP contribution in [-0.4, -0.2) is 91.9 Å². The Balaban J connectivity index is -0.000000150. The summed E-state index contributed by atoms with van der Waals surface area (Å²) in [6.07, 6.45) is -12.5. The molecule has 0 spiro atoms. The Labute approximate surface area is 155 Å². The van der Waals surface area contributed by atoms with E-state index in [0.717, 1.165) is 0 Å². The maximum absolute atomic E-state index is 11.4. The van der Waals surface area contributed by atoms with Crippen molar-refractivity contribution in [3.63, 3.8) is 0 Å². The minimum atomic E-state index is -4.72. The normalized spacial score (nSPS) is 7.73. The molecule has 10 nitrogen and oxygen atoms in total. The van der Waals surface area contributed by atoms with E-state index in [0.29, 0.717) is 0 Å². The topological polar surface area (TPSA) is 159 Å². The van der Waals surface area contributed by atoms with Crippen LogP contribution in [0.5, 0.6) is 0 Å². The third-order valence-electron chi connectivity index (χ3n) is 0.439. The van der Waals surface area contributed by atoms with Crippen LogP contribution in [0.25, 0.3) is 0 Å². The average Bonchev–Trinajstić information content (AvgIpc) is 2.10. The van der Waals surface area contributed by atoms with E-state index in [4.69, 9.17) is 19.8 Å². The van der Waals surface area contributed by atoms with Gasteiger partial charge in [0.25, 0.3) is 0 Å². The Morgan fingerprint density at radius 2 is 0.773 bits per heavy atom. The molecule has 0 saturated heterocycles. The fourth-order valence-electron chi connectivity index (χ4n) is 0.232. The van der Waals surface area contributed by atoms with Crippen molar-refractivity contribution in [1.82, 2.24) is 0 Å². The zero-order valence-electron chi connectivity index (χ0n) is 9.63. The quantitative estimate of drug-likeness (QED) is 0.249. The van der Waals surface area contributed by atoms with Crippen LogP contribution in [0, 0.1) is 0 Å². The summed E-state index contributed by atoms with van der Waals surface area (Å²) in [4.78, 5) is 45.1. The van der Waals surface area contributed by atoms with Gasteiger partial charge in [-0.1, -0.05) is 0 Å². The molecule has 0 unspecified atom stereocenters. The van der Waals surface area contributed by atoms with Gasteiger partial charge < -0.3 is 19.8 Å². The van der Waals surface area contributed by atoms with Crippen LogP contribution < -0.4 is 10.2 Å². The first-order valence-corrected chi connectivity index (χ1v) is 7.79. The van der Waals surface area contributed by atoms with Crippen molar-refractivity contribution in [2.75, 3.05) is 0 Å². The molecule has 0 radical (unpaired) electrons. The number of rotatable bonds is 3. The van der Waals surface area contributed by atoms with Crippen molar-refractivity contribution < 1.29 is 64.6 Å². The predicted octanol–water partition coefficient (Wildman–Crippen LogP) is -0.493. The fourth-order valence-corrected chi connectivity index (χ4v) is 2.03. The fraction of sp³-hybridized carbons (Fsp3) is 0. The molecule has 0 rings (SSSR count). The van der Waals surface area contributed by atoms with E-state index in [-0.39, 0.29) is 37.7 Å². The molecule has 0 aromatic heterocycles. The van der Waals surface area contributed by atoms with E-state index in [1.54, 1.807) is 0 Å². The zero-order valence-corrected chi connectivity index (χ0v) is 15.3. The molecule has 0 N–H and O–H groups in total. The van der Waals surface area contributed by atoms with Crippen molar-refractivity contribution >= 4 is 91.9 Å². The first kappa shape index (κ1) is 29.2. The molecule has 0 aliphatic heterocycles. The van der Waals surface area contributed by atoms with Crippen LogP contribution >= 0.6 is 0 Å². The molecule has 0 amide bonds. The van der Waals surface area contributed by atoms with Gasteiger partial charge in [0.05, 0.1) is 0 Å². The van der Waals surface area contributed by atoms with Crippen LogP contribution in [0.15, 0.2) is 0 Å². The van der Waals surface area contributed by atoms with E-state index in [1.165, 1.54) is 0 Å². The first-order chi connectivity index (χ1) is 9.38. The van der Waals surface area contributed by atoms with E-state index < -0.39 is 54.2 Å². The molecule has 0 aromatic rings. The second-order valence-corrected chi connectivity index (χ2v) is 5.55. The summed E-state index contributed by atoms with van der Waals surface area (Å²) in [6.45, 7) is 0. The smallest absolute Gasteiger partial charge is 0.520 e. The van der Waals surface area contributed by atoms with Gasteiger partial charge in [0.2, 0.25) is 12.4 Å². The number of carboxylic acid groups (broad SMARTS) is 2. The summed E-state index contributed by atoms with van der Waals surface area (Å²) >= 11 is -4.72. The number of hydrogen-bond acceptors (Lipinski definition) is 10. The summed E-state index contributed by atoms with van der Waals surface area (Å²) in [6, 6.07) is 0. The maximum Gasteiger partial charge on any atom is 2.00 e. The molecule has 0 aromatic carbocycles. The summed E-state index contributed by atoms with van der Waals surface area (Å²) in [7, 11) is 0. The summed E-state index contributed by atoms with van der Waals surface area (Å²) < 4.78 is 64.1. The van der Waals surface area contributed by atoms with Crippen LogP contribution in [0.4, 0.5) is 45.9 Å². The Hall–Kier alpha value is -0.857. The van der Waals surface area contributed by atoms with Gasteiger partial charge in [-0.05, 0) is 0 Å². The van der Waals surface area contributed by atoms with Gasteiger partial charge in [-0.3, -0.25) is 0 Å². The standard InChI is InChI=1S/5CHFO2.Bi.Ca/c5*2-1(3)4;;/h5*(H,3,4);;/q;;;;;+3;+2/p-5. The Kier molecular flexibility index (Phi) is 24.1. The van der Waals surface area contributed by atoms with Crippen LogP contribution in [0.1, 0.15) is 0 Å². The van der Waals surface area contributed by atoms with Gasteiger partial charge >= 0.3 is 115 Å². The molecule has 0 atom stereocenters. The van der Waals surface area contributed by atoms with Gasteiger partial charge in [-0.25, -0.2) is 0 Å². The van der Waals surface area contributed by atoms with E-state index in [9.17, 15) is 36.3 Å². The van der Waals surface area contributed by atoms with Gasteiger partial charge in [0, 0.05) is 0 Å². The minimum Gasteiger partial charge on any atom is -0.520 e. The zero-order chi connectivity index (χ0) is 17.6. The molecule has 0 saturated carbocycles. The molecule has 122 valence electrons.